The van der Waals surface area contributed by atoms with Crippen molar-refractivity contribution in [3.8, 4) is 0 Å². The van der Waals surface area contributed by atoms with Gasteiger partial charge in [0.05, 0.1) is 10.6 Å². The summed E-state index contributed by atoms with van der Waals surface area (Å²) in [5.74, 6) is -0.482. The zero-order valence-corrected chi connectivity index (χ0v) is 16.1. The number of sulfonamides is 1. The Morgan fingerprint density at radius 3 is 2.68 bits per heavy atom. The third kappa shape index (κ3) is 5.72. The maximum atomic E-state index is 12.1. The molecular formula is C14H18ClN5O3S2. The number of nitrogens with one attached hydrogen (secondary N) is 2. The Labute approximate surface area is 155 Å². The second-order valence-corrected chi connectivity index (χ2v) is 8.69. The smallest absolute Gasteiger partial charge is 0.269 e. The van der Waals surface area contributed by atoms with E-state index in [-0.39, 0.29) is 15.0 Å². The second kappa shape index (κ2) is 8.68. The molecule has 2 aromatic rings. The van der Waals surface area contributed by atoms with E-state index in [1.165, 1.54) is 0 Å². The van der Waals surface area contributed by atoms with Crippen molar-refractivity contribution < 1.29 is 13.2 Å². The van der Waals surface area contributed by atoms with Crippen LogP contribution in [-0.4, -0.2) is 56.6 Å². The van der Waals surface area contributed by atoms with E-state index in [0.717, 1.165) is 17.9 Å². The Balaban J connectivity index is 1.99. The van der Waals surface area contributed by atoms with Gasteiger partial charge in [0.25, 0.3) is 15.9 Å². The van der Waals surface area contributed by atoms with Crippen LogP contribution in [0.15, 0.2) is 28.6 Å². The normalized spacial score (nSPS) is 11.7. The lowest BCUT2D eigenvalue weighted by atomic mass is 10.2. The van der Waals surface area contributed by atoms with Gasteiger partial charge < -0.3 is 4.90 Å². The predicted octanol–water partition coefficient (Wildman–Crippen LogP) is 1.67. The summed E-state index contributed by atoms with van der Waals surface area (Å²) in [5.41, 5.74) is 0.269. The number of benzene rings is 1. The molecule has 8 nitrogen and oxygen atoms in total. The van der Waals surface area contributed by atoms with Crippen LogP contribution in [0.5, 0.6) is 0 Å². The Hall–Kier alpha value is -1.59. The molecule has 0 bridgehead atoms. The standard InChI is InChI=1S/C14H18ClN5O3S2/c1-20(2)9-5-8-16-25(22,23)14-19-18-13(24-14)17-12(21)10-6-3-4-7-11(10)15/h3-4,6-7,16H,5,8-9H2,1-2H3,(H,17,18,21). The highest BCUT2D eigenvalue weighted by Gasteiger charge is 2.21. The van der Waals surface area contributed by atoms with Crippen LogP contribution in [0.1, 0.15) is 16.8 Å². The molecule has 136 valence electrons. The van der Waals surface area contributed by atoms with Crippen LogP contribution in [0.3, 0.4) is 0 Å². The van der Waals surface area contributed by atoms with E-state index < -0.39 is 15.9 Å². The number of carbonyl (C=O) groups is 1. The number of aromatic nitrogens is 2. The van der Waals surface area contributed by atoms with Crippen LogP contribution in [-0.2, 0) is 10.0 Å². The first kappa shape index (κ1) is 19.7. The molecule has 0 aliphatic carbocycles. The summed E-state index contributed by atoms with van der Waals surface area (Å²) in [7, 11) is 0.0729. The van der Waals surface area contributed by atoms with Crippen LogP contribution >= 0.6 is 22.9 Å². The lowest BCUT2D eigenvalue weighted by Crippen LogP contribution is -2.27. The molecule has 1 aromatic carbocycles. The van der Waals surface area contributed by atoms with Crippen LogP contribution in [0.4, 0.5) is 5.13 Å². The molecule has 0 atom stereocenters. The summed E-state index contributed by atoms with van der Waals surface area (Å²) >= 11 is 6.73. The highest BCUT2D eigenvalue weighted by molar-refractivity contribution is 7.91. The van der Waals surface area contributed by atoms with Gasteiger partial charge in [-0.15, -0.1) is 10.2 Å². The fourth-order valence-corrected chi connectivity index (χ4v) is 4.07. The molecule has 0 radical (unpaired) electrons. The number of hydrogen-bond acceptors (Lipinski definition) is 7. The van der Waals surface area contributed by atoms with Crippen molar-refractivity contribution in [1.29, 1.82) is 0 Å². The highest BCUT2D eigenvalue weighted by atomic mass is 35.5. The lowest BCUT2D eigenvalue weighted by molar-refractivity contribution is 0.102. The molecule has 0 aliphatic rings. The molecular weight excluding hydrogens is 386 g/mol. The average molecular weight is 404 g/mol. The largest absolute Gasteiger partial charge is 0.309 e. The number of amides is 1. The summed E-state index contributed by atoms with van der Waals surface area (Å²) < 4.78 is 26.6. The van der Waals surface area contributed by atoms with Crippen molar-refractivity contribution in [2.75, 3.05) is 32.5 Å². The molecule has 0 fully saturated rings. The average Bonchev–Trinajstić information content (AvgIpc) is 3.01. The summed E-state index contributed by atoms with van der Waals surface area (Å²) in [6.45, 7) is 1.05. The fraction of sp³-hybridized carbons (Fsp3) is 0.357. The third-order valence-electron chi connectivity index (χ3n) is 3.05. The minimum absolute atomic E-state index is 0.0820. The molecule has 0 saturated heterocycles. The molecule has 25 heavy (non-hydrogen) atoms. The minimum atomic E-state index is -3.75. The van der Waals surface area contributed by atoms with Crippen LogP contribution in [0, 0.1) is 0 Å². The number of hydrogen-bond donors (Lipinski definition) is 2. The number of carbonyl (C=O) groups excluding carboxylic acids is 1. The van der Waals surface area contributed by atoms with Gasteiger partial charge in [-0.3, -0.25) is 10.1 Å². The molecule has 2 rings (SSSR count). The minimum Gasteiger partial charge on any atom is -0.309 e. The molecule has 0 saturated carbocycles. The van der Waals surface area contributed by atoms with Crippen molar-refractivity contribution in [3.63, 3.8) is 0 Å². The third-order valence-corrected chi connectivity index (χ3v) is 6.05. The molecule has 1 amide bonds. The molecule has 2 N–H and O–H groups in total. The Morgan fingerprint density at radius 2 is 2.00 bits per heavy atom. The number of halogens is 1. The number of anilines is 1. The van der Waals surface area contributed by atoms with E-state index in [2.05, 4.69) is 20.2 Å². The quantitative estimate of drug-likeness (QED) is 0.513. The zero-order chi connectivity index (χ0) is 18.4. The van der Waals surface area contributed by atoms with Crippen LogP contribution < -0.4 is 10.0 Å². The van der Waals surface area contributed by atoms with Crippen LogP contribution in [0.25, 0.3) is 0 Å². The predicted molar refractivity (Wildman–Crippen MR) is 97.7 cm³/mol. The monoisotopic (exact) mass is 403 g/mol. The zero-order valence-electron chi connectivity index (χ0n) is 13.7. The van der Waals surface area contributed by atoms with Crippen molar-refractivity contribution in [2.45, 2.75) is 10.8 Å². The highest BCUT2D eigenvalue weighted by Crippen LogP contribution is 2.22. The van der Waals surface area contributed by atoms with Crippen molar-refractivity contribution >= 4 is 44.0 Å². The van der Waals surface area contributed by atoms with E-state index in [1.807, 2.05) is 19.0 Å². The Morgan fingerprint density at radius 1 is 1.28 bits per heavy atom. The van der Waals surface area contributed by atoms with Gasteiger partial charge in [-0.1, -0.05) is 35.1 Å². The lowest BCUT2D eigenvalue weighted by Gasteiger charge is -2.09. The molecule has 1 aromatic heterocycles. The fourth-order valence-electron chi connectivity index (χ4n) is 1.84. The SMILES string of the molecule is CN(C)CCCNS(=O)(=O)c1nnc(NC(=O)c2ccccc2Cl)s1. The Bertz CT molecular complexity index is 838. The maximum absolute atomic E-state index is 12.1. The topological polar surface area (TPSA) is 104 Å². The second-order valence-electron chi connectivity index (χ2n) is 5.36. The van der Waals surface area contributed by atoms with Crippen molar-refractivity contribution in [3.05, 3.63) is 34.9 Å². The summed E-state index contributed by atoms with van der Waals surface area (Å²) in [6, 6.07) is 6.53. The van der Waals surface area contributed by atoms with Gasteiger partial charge in [0.15, 0.2) is 0 Å². The van der Waals surface area contributed by atoms with Gasteiger partial charge in [-0.05, 0) is 39.2 Å². The van der Waals surface area contributed by atoms with E-state index in [0.29, 0.717) is 18.0 Å². The van der Waals surface area contributed by atoms with Gasteiger partial charge in [-0.25, -0.2) is 13.1 Å². The first-order valence-electron chi connectivity index (χ1n) is 7.33. The van der Waals surface area contributed by atoms with Gasteiger partial charge in [-0.2, -0.15) is 0 Å². The van der Waals surface area contributed by atoms with E-state index in [9.17, 15) is 13.2 Å². The van der Waals surface area contributed by atoms with Crippen LogP contribution in [0.2, 0.25) is 5.02 Å². The van der Waals surface area contributed by atoms with E-state index in [4.69, 9.17) is 11.6 Å². The van der Waals surface area contributed by atoms with E-state index in [1.54, 1.807) is 24.3 Å². The number of nitrogens with zero attached hydrogens (tertiary/aromatic N) is 3. The molecule has 0 spiro atoms. The molecule has 0 unspecified atom stereocenters. The van der Waals surface area contributed by atoms with Gasteiger partial charge in [0.2, 0.25) is 9.47 Å². The summed E-state index contributed by atoms with van der Waals surface area (Å²) in [4.78, 5) is 14.1. The first-order chi connectivity index (χ1) is 11.8. The summed E-state index contributed by atoms with van der Waals surface area (Å²) in [6.07, 6.45) is 0.668. The maximum Gasteiger partial charge on any atom is 0.269 e. The van der Waals surface area contributed by atoms with Gasteiger partial charge in [0, 0.05) is 6.54 Å². The Kier molecular flexibility index (Phi) is 6.85. The van der Waals surface area contributed by atoms with Gasteiger partial charge in [0.1, 0.15) is 0 Å². The molecule has 0 aliphatic heterocycles. The first-order valence-corrected chi connectivity index (χ1v) is 10.0. The van der Waals surface area contributed by atoms with Crippen molar-refractivity contribution in [2.24, 2.45) is 0 Å². The van der Waals surface area contributed by atoms with Crippen molar-refractivity contribution in [1.82, 2.24) is 19.8 Å². The molecule has 11 heteroatoms. The molecule has 1 heterocycles. The summed E-state index contributed by atoms with van der Waals surface area (Å²) in [5, 5.41) is 10.2. The van der Waals surface area contributed by atoms with E-state index >= 15 is 0 Å². The number of rotatable bonds is 8. The van der Waals surface area contributed by atoms with Gasteiger partial charge >= 0.3 is 0 Å².